The number of aryl methyl sites for hydroxylation is 1. The number of hydrogen-bond donors (Lipinski definition) is 1. The Morgan fingerprint density at radius 3 is 2.90 bits per heavy atom. The summed E-state index contributed by atoms with van der Waals surface area (Å²) in [6, 6.07) is 7.22. The van der Waals surface area contributed by atoms with Gasteiger partial charge in [-0.25, -0.2) is 4.98 Å². The molecule has 1 aromatic carbocycles. The van der Waals surface area contributed by atoms with Crippen molar-refractivity contribution in [2.45, 2.75) is 20.4 Å². The van der Waals surface area contributed by atoms with Crippen LogP contribution in [0.1, 0.15) is 30.0 Å². The van der Waals surface area contributed by atoms with E-state index in [9.17, 15) is 4.79 Å². The van der Waals surface area contributed by atoms with Crippen LogP contribution < -0.4 is 10.1 Å². The molecule has 0 radical (unpaired) electrons. The molecule has 0 fully saturated rings. The summed E-state index contributed by atoms with van der Waals surface area (Å²) in [6.45, 7) is 5.21. The highest BCUT2D eigenvalue weighted by atomic mass is 16.5. The number of nitrogens with one attached hydrogen (secondary N) is 1. The van der Waals surface area contributed by atoms with Crippen LogP contribution in [0.3, 0.4) is 0 Å². The summed E-state index contributed by atoms with van der Waals surface area (Å²) in [7, 11) is 1.90. The van der Waals surface area contributed by atoms with Gasteiger partial charge in [-0.3, -0.25) is 4.79 Å². The minimum absolute atomic E-state index is 0.131. The monoisotopic (exact) mass is 287 g/mol. The van der Waals surface area contributed by atoms with Gasteiger partial charge in [0.15, 0.2) is 0 Å². The Morgan fingerprint density at radius 1 is 1.43 bits per heavy atom. The lowest BCUT2D eigenvalue weighted by molar-refractivity contribution is 0.0949. The molecule has 1 N–H and O–H groups in total. The quantitative estimate of drug-likeness (QED) is 0.887. The molecule has 112 valence electrons. The lowest BCUT2D eigenvalue weighted by atomic mass is 10.2. The summed E-state index contributed by atoms with van der Waals surface area (Å²) >= 11 is 0. The number of carbonyl (C=O) groups is 1. The summed E-state index contributed by atoms with van der Waals surface area (Å²) in [4.78, 5) is 16.3. The Morgan fingerprint density at radius 2 is 2.24 bits per heavy atom. The van der Waals surface area contributed by atoms with E-state index >= 15 is 0 Å². The maximum absolute atomic E-state index is 12.1. The molecule has 2 aromatic rings. The predicted molar refractivity (Wildman–Crippen MR) is 81.2 cm³/mol. The average Bonchev–Trinajstić information content (AvgIpc) is 2.88. The molecule has 0 bridgehead atoms. The molecule has 0 spiro atoms. The van der Waals surface area contributed by atoms with Crippen molar-refractivity contribution >= 4 is 5.91 Å². The topological polar surface area (TPSA) is 56.1 Å². The lowest BCUT2D eigenvalue weighted by Crippen LogP contribution is -2.24. The zero-order chi connectivity index (χ0) is 15.2. The minimum Gasteiger partial charge on any atom is -0.493 e. The predicted octanol–water partition coefficient (Wildman–Crippen LogP) is 2.38. The molecule has 0 saturated heterocycles. The number of aromatic nitrogens is 2. The van der Waals surface area contributed by atoms with E-state index in [1.54, 1.807) is 18.3 Å². The fourth-order valence-corrected chi connectivity index (χ4v) is 1.82. The number of hydrogen-bond acceptors (Lipinski definition) is 3. The minimum atomic E-state index is -0.131. The van der Waals surface area contributed by atoms with E-state index in [1.807, 2.05) is 29.9 Å². The number of rotatable bonds is 6. The van der Waals surface area contributed by atoms with E-state index in [1.165, 1.54) is 0 Å². The number of imidazole rings is 1. The van der Waals surface area contributed by atoms with Gasteiger partial charge in [0.2, 0.25) is 0 Å². The number of nitrogens with zero attached hydrogens (tertiary/aromatic N) is 2. The van der Waals surface area contributed by atoms with Crippen LogP contribution in [0.4, 0.5) is 0 Å². The highest BCUT2D eigenvalue weighted by Crippen LogP contribution is 2.14. The van der Waals surface area contributed by atoms with Crippen LogP contribution >= 0.6 is 0 Å². The van der Waals surface area contributed by atoms with Gasteiger partial charge >= 0.3 is 0 Å². The van der Waals surface area contributed by atoms with Crippen LogP contribution in [-0.4, -0.2) is 22.1 Å². The molecule has 1 aromatic heterocycles. The van der Waals surface area contributed by atoms with Crippen molar-refractivity contribution < 1.29 is 9.53 Å². The van der Waals surface area contributed by atoms with E-state index in [4.69, 9.17) is 4.74 Å². The maximum Gasteiger partial charge on any atom is 0.251 e. The van der Waals surface area contributed by atoms with Crippen molar-refractivity contribution in [3.8, 4) is 5.75 Å². The highest BCUT2D eigenvalue weighted by Gasteiger charge is 2.08. The molecule has 1 amide bonds. The second-order valence-electron chi connectivity index (χ2n) is 5.37. The van der Waals surface area contributed by atoms with Gasteiger partial charge in [0.05, 0.1) is 13.2 Å². The molecule has 0 aliphatic rings. The van der Waals surface area contributed by atoms with Gasteiger partial charge in [-0.1, -0.05) is 19.9 Å². The summed E-state index contributed by atoms with van der Waals surface area (Å²) in [6.07, 6.45) is 3.56. The fraction of sp³-hybridized carbons (Fsp3) is 0.375. The van der Waals surface area contributed by atoms with E-state index < -0.39 is 0 Å². The van der Waals surface area contributed by atoms with Crippen LogP contribution in [0.2, 0.25) is 0 Å². The van der Waals surface area contributed by atoms with Gasteiger partial charge in [0, 0.05) is 25.0 Å². The largest absolute Gasteiger partial charge is 0.493 e. The van der Waals surface area contributed by atoms with Gasteiger partial charge in [-0.05, 0) is 24.1 Å². The van der Waals surface area contributed by atoms with Gasteiger partial charge < -0.3 is 14.6 Å². The average molecular weight is 287 g/mol. The zero-order valence-electron chi connectivity index (χ0n) is 12.7. The third kappa shape index (κ3) is 4.34. The number of amides is 1. The Hall–Kier alpha value is -2.30. The Kier molecular flexibility index (Phi) is 4.98. The van der Waals surface area contributed by atoms with Gasteiger partial charge in [-0.2, -0.15) is 0 Å². The summed E-state index contributed by atoms with van der Waals surface area (Å²) in [5.74, 6) is 1.85. The van der Waals surface area contributed by atoms with Gasteiger partial charge in [0.1, 0.15) is 11.6 Å². The van der Waals surface area contributed by atoms with Crippen LogP contribution in [0.5, 0.6) is 5.75 Å². The van der Waals surface area contributed by atoms with Crippen molar-refractivity contribution in [2.24, 2.45) is 13.0 Å². The van der Waals surface area contributed by atoms with Crippen molar-refractivity contribution in [3.63, 3.8) is 0 Å². The van der Waals surface area contributed by atoms with Crippen molar-refractivity contribution in [1.82, 2.24) is 14.9 Å². The van der Waals surface area contributed by atoms with E-state index in [2.05, 4.69) is 24.1 Å². The zero-order valence-corrected chi connectivity index (χ0v) is 12.7. The smallest absolute Gasteiger partial charge is 0.251 e. The molecule has 0 atom stereocenters. The summed E-state index contributed by atoms with van der Waals surface area (Å²) in [5.41, 5.74) is 0.588. The standard InChI is InChI=1S/C16H21N3O2/c1-12(2)11-21-14-6-4-5-13(9-14)16(20)18-10-15-17-7-8-19(15)3/h4-9,12H,10-11H2,1-3H3,(H,18,20). The molecule has 0 aliphatic carbocycles. The maximum atomic E-state index is 12.1. The molecule has 1 heterocycles. The molecule has 0 saturated carbocycles. The first-order valence-electron chi connectivity index (χ1n) is 7.03. The Labute approximate surface area is 125 Å². The van der Waals surface area contributed by atoms with Crippen molar-refractivity contribution in [1.29, 1.82) is 0 Å². The third-order valence-corrected chi connectivity index (χ3v) is 3.01. The van der Waals surface area contributed by atoms with Crippen molar-refractivity contribution in [3.05, 3.63) is 48.0 Å². The van der Waals surface area contributed by atoms with Gasteiger partial charge in [0.25, 0.3) is 5.91 Å². The molecular formula is C16H21N3O2. The molecule has 5 heteroatoms. The van der Waals surface area contributed by atoms with E-state index in [0.717, 1.165) is 5.82 Å². The number of benzene rings is 1. The SMILES string of the molecule is CC(C)COc1cccc(C(=O)NCc2nccn2C)c1. The number of ether oxygens (including phenoxy) is 1. The number of carbonyl (C=O) groups excluding carboxylic acids is 1. The second kappa shape index (κ2) is 6.92. The van der Waals surface area contributed by atoms with E-state index in [-0.39, 0.29) is 5.91 Å². The lowest BCUT2D eigenvalue weighted by Gasteiger charge is -2.10. The first-order chi connectivity index (χ1) is 10.1. The molecule has 5 nitrogen and oxygen atoms in total. The Bertz CT molecular complexity index is 605. The molecule has 0 unspecified atom stereocenters. The third-order valence-electron chi connectivity index (χ3n) is 3.01. The molecule has 0 aliphatic heterocycles. The second-order valence-corrected chi connectivity index (χ2v) is 5.37. The fourth-order valence-electron chi connectivity index (χ4n) is 1.82. The van der Waals surface area contributed by atoms with E-state index in [0.29, 0.717) is 30.4 Å². The highest BCUT2D eigenvalue weighted by molar-refractivity contribution is 5.94. The van der Waals surface area contributed by atoms with Gasteiger partial charge in [-0.15, -0.1) is 0 Å². The first-order valence-corrected chi connectivity index (χ1v) is 7.03. The Balaban J connectivity index is 1.95. The van der Waals surface area contributed by atoms with Crippen LogP contribution in [0, 0.1) is 5.92 Å². The van der Waals surface area contributed by atoms with Crippen LogP contribution in [-0.2, 0) is 13.6 Å². The molecular weight excluding hydrogens is 266 g/mol. The first kappa shape index (κ1) is 15.1. The molecule has 2 rings (SSSR count). The normalized spacial score (nSPS) is 10.7. The van der Waals surface area contributed by atoms with Crippen LogP contribution in [0.15, 0.2) is 36.7 Å². The van der Waals surface area contributed by atoms with Crippen LogP contribution in [0.25, 0.3) is 0 Å². The molecule has 21 heavy (non-hydrogen) atoms. The van der Waals surface area contributed by atoms with Crippen molar-refractivity contribution in [2.75, 3.05) is 6.61 Å². The summed E-state index contributed by atoms with van der Waals surface area (Å²) in [5, 5.41) is 2.86. The summed E-state index contributed by atoms with van der Waals surface area (Å²) < 4.78 is 7.51.